The number of carbonyl (C=O) groups excluding carboxylic acids is 1. The molecule has 1 fully saturated rings. The van der Waals surface area contributed by atoms with E-state index in [0.717, 1.165) is 23.2 Å². The highest BCUT2D eigenvalue weighted by molar-refractivity contribution is 8.00. The molecule has 0 spiro atoms. The second-order valence-electron chi connectivity index (χ2n) is 9.90. The molecule has 4 aromatic rings. The number of halogens is 2. The van der Waals surface area contributed by atoms with E-state index < -0.39 is 0 Å². The number of fused-ring (bicyclic) bond motifs is 3. The number of para-hydroxylation sites is 1. The third kappa shape index (κ3) is 4.82. The molecule has 1 aliphatic carbocycles. The molecule has 5 atom stereocenters. The summed E-state index contributed by atoms with van der Waals surface area (Å²) in [7, 11) is 0. The fourth-order valence-corrected chi connectivity index (χ4v) is 8.14. The van der Waals surface area contributed by atoms with Crippen molar-refractivity contribution in [2.24, 2.45) is 5.92 Å². The van der Waals surface area contributed by atoms with Crippen LogP contribution in [0.3, 0.4) is 0 Å². The standard InChI is InChI=1S/C31H24Cl2N2O3S/c32-20-15-21-27-22(17-26(28(27)33)39-25-14-8-7-13-24(25)35(37)38)29(18-9-3-1-4-10-18)34-30(21)23(16-20)31(36)19-11-5-2-6-12-19/h1-16,22,26-29,34H,17H2/t22-,26+,27+,28+,29-/m1/s1. The first kappa shape index (κ1) is 25.9. The first-order chi connectivity index (χ1) is 18.9. The molecule has 1 N–H and O–H groups in total. The van der Waals surface area contributed by atoms with E-state index in [1.807, 2.05) is 48.5 Å². The molecule has 6 rings (SSSR count). The van der Waals surface area contributed by atoms with E-state index >= 15 is 0 Å². The quantitative estimate of drug-likeness (QED) is 0.108. The summed E-state index contributed by atoms with van der Waals surface area (Å²) in [5.74, 6) is -0.114. The van der Waals surface area contributed by atoms with Crippen LogP contribution in [0.5, 0.6) is 0 Å². The van der Waals surface area contributed by atoms with Crippen molar-refractivity contribution in [1.29, 1.82) is 0 Å². The van der Waals surface area contributed by atoms with Crippen LogP contribution in [-0.2, 0) is 0 Å². The van der Waals surface area contributed by atoms with Gasteiger partial charge < -0.3 is 5.32 Å². The van der Waals surface area contributed by atoms with Crippen molar-refractivity contribution in [2.75, 3.05) is 5.32 Å². The van der Waals surface area contributed by atoms with Gasteiger partial charge in [-0.1, -0.05) is 84.4 Å². The fourth-order valence-electron chi connectivity index (χ4n) is 5.97. The Bertz CT molecular complexity index is 1550. The van der Waals surface area contributed by atoms with Crippen LogP contribution in [0.2, 0.25) is 5.02 Å². The number of nitrogens with one attached hydrogen (secondary N) is 1. The van der Waals surface area contributed by atoms with Gasteiger partial charge in [-0.05, 0) is 41.7 Å². The number of benzene rings is 4. The van der Waals surface area contributed by atoms with Crippen LogP contribution in [0.15, 0.2) is 102 Å². The number of anilines is 1. The maximum atomic E-state index is 13.7. The summed E-state index contributed by atoms with van der Waals surface area (Å²) >= 11 is 15.4. The minimum absolute atomic E-state index is 0.0750. The molecule has 8 heteroatoms. The molecule has 1 heterocycles. The molecule has 2 aliphatic rings. The molecule has 4 aromatic carbocycles. The third-order valence-electron chi connectivity index (χ3n) is 7.66. The number of hydrogen-bond donors (Lipinski definition) is 1. The zero-order chi connectivity index (χ0) is 27.1. The second-order valence-corrected chi connectivity index (χ2v) is 12.1. The number of alkyl halides is 1. The normalized spacial score (nSPS) is 23.4. The summed E-state index contributed by atoms with van der Waals surface area (Å²) in [6, 6.07) is 29.7. The van der Waals surface area contributed by atoms with Crippen molar-refractivity contribution in [3.63, 3.8) is 0 Å². The van der Waals surface area contributed by atoms with E-state index in [2.05, 4.69) is 17.4 Å². The number of hydrogen-bond acceptors (Lipinski definition) is 5. The van der Waals surface area contributed by atoms with Crippen molar-refractivity contribution >= 4 is 52.1 Å². The monoisotopic (exact) mass is 574 g/mol. The molecule has 0 bridgehead atoms. The van der Waals surface area contributed by atoms with E-state index in [1.54, 1.807) is 30.3 Å². The van der Waals surface area contributed by atoms with Gasteiger partial charge in [-0.3, -0.25) is 14.9 Å². The van der Waals surface area contributed by atoms with Gasteiger partial charge in [0.15, 0.2) is 5.78 Å². The van der Waals surface area contributed by atoms with E-state index in [4.69, 9.17) is 23.2 Å². The lowest BCUT2D eigenvalue weighted by atomic mass is 9.76. The average Bonchev–Trinajstić information content (AvgIpc) is 3.28. The van der Waals surface area contributed by atoms with Crippen LogP contribution in [0.4, 0.5) is 11.4 Å². The van der Waals surface area contributed by atoms with Gasteiger partial charge in [0.1, 0.15) is 0 Å². The van der Waals surface area contributed by atoms with Crippen molar-refractivity contribution < 1.29 is 9.72 Å². The maximum Gasteiger partial charge on any atom is 0.282 e. The highest BCUT2D eigenvalue weighted by Crippen LogP contribution is 2.59. The van der Waals surface area contributed by atoms with Gasteiger partial charge in [0.05, 0.1) is 21.2 Å². The molecule has 39 heavy (non-hydrogen) atoms. The molecule has 1 saturated carbocycles. The Hall–Kier alpha value is -3.32. The molecular weight excluding hydrogens is 551 g/mol. The van der Waals surface area contributed by atoms with Gasteiger partial charge in [0.25, 0.3) is 5.69 Å². The van der Waals surface area contributed by atoms with E-state index in [1.165, 1.54) is 17.8 Å². The average molecular weight is 576 g/mol. The first-order valence-electron chi connectivity index (χ1n) is 12.7. The molecule has 196 valence electrons. The van der Waals surface area contributed by atoms with E-state index in [-0.39, 0.29) is 44.9 Å². The molecule has 1 aliphatic heterocycles. The van der Waals surface area contributed by atoms with Crippen LogP contribution >= 0.6 is 35.0 Å². The number of nitro groups is 1. The first-order valence-corrected chi connectivity index (χ1v) is 14.4. The topological polar surface area (TPSA) is 72.2 Å². The summed E-state index contributed by atoms with van der Waals surface area (Å²) < 4.78 is 0. The van der Waals surface area contributed by atoms with Gasteiger partial charge in [-0.15, -0.1) is 23.4 Å². The molecular formula is C31H24Cl2N2O3S. The Labute approximate surface area is 240 Å². The number of nitro benzene ring substituents is 1. The number of thioether (sulfide) groups is 1. The number of ketones is 1. The molecule has 5 nitrogen and oxygen atoms in total. The van der Waals surface area contributed by atoms with Gasteiger partial charge in [0, 0.05) is 39.1 Å². The predicted molar refractivity (Wildman–Crippen MR) is 157 cm³/mol. The Morgan fingerprint density at radius 2 is 1.62 bits per heavy atom. The summed E-state index contributed by atoms with van der Waals surface area (Å²) in [5, 5.41) is 15.5. The van der Waals surface area contributed by atoms with Crippen molar-refractivity contribution in [2.45, 2.75) is 33.9 Å². The zero-order valence-electron chi connectivity index (χ0n) is 20.7. The summed E-state index contributed by atoms with van der Waals surface area (Å²) in [4.78, 5) is 25.6. The minimum Gasteiger partial charge on any atom is -0.377 e. The molecule has 0 amide bonds. The molecule has 0 unspecified atom stereocenters. The number of carbonyl (C=O) groups is 1. The molecule has 0 aromatic heterocycles. The Morgan fingerprint density at radius 1 is 0.949 bits per heavy atom. The van der Waals surface area contributed by atoms with Crippen LogP contribution < -0.4 is 5.32 Å². The predicted octanol–water partition coefficient (Wildman–Crippen LogP) is 8.52. The van der Waals surface area contributed by atoms with Crippen LogP contribution in [-0.4, -0.2) is 21.3 Å². The lowest BCUT2D eigenvalue weighted by Crippen LogP contribution is -2.32. The number of rotatable bonds is 6. The lowest BCUT2D eigenvalue weighted by Gasteiger charge is -2.39. The summed E-state index contributed by atoms with van der Waals surface area (Å²) in [5.41, 5.74) is 3.96. The van der Waals surface area contributed by atoms with Crippen molar-refractivity contribution in [3.05, 3.63) is 134 Å². The summed E-state index contributed by atoms with van der Waals surface area (Å²) in [6.07, 6.45) is 0.746. The van der Waals surface area contributed by atoms with Gasteiger partial charge in [-0.25, -0.2) is 0 Å². The molecule has 0 saturated heterocycles. The van der Waals surface area contributed by atoms with Crippen LogP contribution in [0.25, 0.3) is 0 Å². The SMILES string of the molecule is O=C(c1ccccc1)c1cc(Cl)cc2c1N[C@H](c1ccccc1)[C@@H]1C[C@H](Sc3ccccc3[N+](=O)[O-])[C@H](Cl)[C@@H]21. The smallest absolute Gasteiger partial charge is 0.282 e. The zero-order valence-corrected chi connectivity index (χ0v) is 23.0. The fraction of sp³-hybridized carbons (Fsp3) is 0.194. The maximum absolute atomic E-state index is 13.7. The second kappa shape index (κ2) is 10.7. The van der Waals surface area contributed by atoms with Gasteiger partial charge in [0.2, 0.25) is 0 Å². The molecule has 0 radical (unpaired) electrons. The summed E-state index contributed by atoms with van der Waals surface area (Å²) in [6.45, 7) is 0. The Kier molecular flexibility index (Phi) is 7.10. The van der Waals surface area contributed by atoms with Crippen LogP contribution in [0.1, 0.15) is 45.4 Å². The third-order valence-corrected chi connectivity index (χ3v) is 10.00. The lowest BCUT2D eigenvalue weighted by molar-refractivity contribution is -0.387. The highest BCUT2D eigenvalue weighted by Gasteiger charge is 2.51. The van der Waals surface area contributed by atoms with E-state index in [9.17, 15) is 14.9 Å². The van der Waals surface area contributed by atoms with Gasteiger partial charge in [-0.2, -0.15) is 0 Å². The largest absolute Gasteiger partial charge is 0.377 e. The number of nitrogens with zero attached hydrogens (tertiary/aromatic N) is 1. The van der Waals surface area contributed by atoms with Crippen LogP contribution in [0, 0.1) is 16.0 Å². The van der Waals surface area contributed by atoms with Gasteiger partial charge >= 0.3 is 0 Å². The Balaban J connectivity index is 1.45. The van der Waals surface area contributed by atoms with E-state index in [0.29, 0.717) is 21.0 Å². The van der Waals surface area contributed by atoms with Crippen molar-refractivity contribution in [1.82, 2.24) is 0 Å². The minimum atomic E-state index is -0.349. The van der Waals surface area contributed by atoms with Crippen molar-refractivity contribution in [3.8, 4) is 0 Å². The Morgan fingerprint density at radius 3 is 2.33 bits per heavy atom. The highest BCUT2D eigenvalue weighted by atomic mass is 35.5.